The second-order valence-electron chi connectivity index (χ2n) is 5.89. The third-order valence-corrected chi connectivity index (χ3v) is 4.08. The molecule has 0 amide bonds. The summed E-state index contributed by atoms with van der Waals surface area (Å²) in [5.74, 6) is 0.382. The van der Waals surface area contributed by atoms with E-state index in [9.17, 15) is 9.59 Å². The molecule has 3 rings (SSSR count). The zero-order valence-electron chi connectivity index (χ0n) is 15.2. The fraction of sp³-hybridized carbons (Fsp3) is 0.200. The van der Waals surface area contributed by atoms with Gasteiger partial charge in [-0.3, -0.25) is 9.59 Å². The number of carbonyl (C=O) groups is 2. The van der Waals surface area contributed by atoms with Crippen LogP contribution in [-0.2, 0) is 14.3 Å². The minimum Gasteiger partial charge on any atom is -0.483 e. The van der Waals surface area contributed by atoms with Crippen LogP contribution >= 0.6 is 11.6 Å². The van der Waals surface area contributed by atoms with E-state index in [1.165, 1.54) is 13.3 Å². The minimum atomic E-state index is -0.774. The first-order valence-electron chi connectivity index (χ1n) is 8.41. The van der Waals surface area contributed by atoms with Crippen LogP contribution in [0, 0.1) is 0 Å². The van der Waals surface area contributed by atoms with E-state index in [0.717, 1.165) is 0 Å². The summed E-state index contributed by atoms with van der Waals surface area (Å²) in [6.07, 6.45) is 0.408. The van der Waals surface area contributed by atoms with Crippen LogP contribution in [0.2, 0.25) is 5.02 Å². The largest absolute Gasteiger partial charge is 0.483 e. The number of ketones is 1. The number of Topliss-reactive ketones (excluding diaryl/α,β-unsaturated/α-hetero) is 1. The highest BCUT2D eigenvalue weighted by molar-refractivity contribution is 6.31. The lowest BCUT2D eigenvalue weighted by atomic mass is 10.2. The van der Waals surface area contributed by atoms with E-state index in [1.54, 1.807) is 49.4 Å². The summed E-state index contributed by atoms with van der Waals surface area (Å²) in [5.41, 5.74) is 1.34. The van der Waals surface area contributed by atoms with Crippen molar-refractivity contribution in [2.24, 2.45) is 0 Å². The predicted molar refractivity (Wildman–Crippen MR) is 103 cm³/mol. The fourth-order valence-electron chi connectivity index (χ4n) is 2.35. The molecular weight excluding hydrogens is 384 g/mol. The molecule has 0 aliphatic rings. The second-order valence-corrected chi connectivity index (χ2v) is 6.33. The van der Waals surface area contributed by atoms with Gasteiger partial charge in [-0.25, -0.2) is 9.97 Å². The van der Waals surface area contributed by atoms with Crippen molar-refractivity contribution in [3.05, 3.63) is 53.7 Å². The first-order chi connectivity index (χ1) is 13.4. The van der Waals surface area contributed by atoms with Crippen molar-refractivity contribution in [1.29, 1.82) is 0 Å². The molecule has 0 aliphatic heterocycles. The molecule has 7 nitrogen and oxygen atoms in total. The second kappa shape index (κ2) is 8.67. The van der Waals surface area contributed by atoms with Crippen LogP contribution in [0.25, 0.3) is 11.0 Å². The van der Waals surface area contributed by atoms with E-state index in [0.29, 0.717) is 33.4 Å². The number of nitrogens with zero attached hydrogens (tertiary/aromatic N) is 2. The summed E-state index contributed by atoms with van der Waals surface area (Å²) >= 11 is 5.94. The molecule has 144 valence electrons. The quantitative estimate of drug-likeness (QED) is 0.438. The number of rotatable bonds is 7. The van der Waals surface area contributed by atoms with Crippen LogP contribution in [0.5, 0.6) is 17.4 Å². The minimum absolute atomic E-state index is 0.329. The van der Waals surface area contributed by atoms with E-state index in [4.69, 9.17) is 21.1 Å². The van der Waals surface area contributed by atoms with E-state index in [1.807, 2.05) is 0 Å². The lowest BCUT2D eigenvalue weighted by Crippen LogP contribution is -2.26. The van der Waals surface area contributed by atoms with Gasteiger partial charge in [0.15, 0.2) is 11.9 Å². The maximum Gasteiger partial charge on any atom is 0.313 e. The summed E-state index contributed by atoms with van der Waals surface area (Å²) in [5, 5.41) is 0.588. The number of halogens is 1. The SMILES string of the molecule is COC(=O)CC(=O)C(C)Oc1ccc(Oc2cnc3cc(Cl)ccc3n2)cc1. The third kappa shape index (κ3) is 4.95. The third-order valence-electron chi connectivity index (χ3n) is 3.84. The highest BCUT2D eigenvalue weighted by Gasteiger charge is 2.18. The average Bonchev–Trinajstić information content (AvgIpc) is 2.69. The maximum atomic E-state index is 11.9. The highest BCUT2D eigenvalue weighted by Crippen LogP contribution is 2.25. The molecular formula is C20H17ClN2O5. The Balaban J connectivity index is 1.63. The predicted octanol–water partition coefficient (Wildman–Crippen LogP) is 3.98. The van der Waals surface area contributed by atoms with Crippen LogP contribution in [0.4, 0.5) is 0 Å². The molecule has 0 bridgehead atoms. The van der Waals surface area contributed by atoms with Gasteiger partial charge in [-0.05, 0) is 49.4 Å². The number of methoxy groups -OCH3 is 1. The Hall–Kier alpha value is -3.19. The standard InChI is InChI=1S/C20H17ClN2O5/c1-12(18(24)10-20(25)26-2)27-14-4-6-15(7-5-14)28-19-11-22-17-9-13(21)3-8-16(17)23-19/h3-9,11-12H,10H2,1-2H3. The Morgan fingerprint density at radius 3 is 2.50 bits per heavy atom. The maximum absolute atomic E-state index is 11.9. The first-order valence-corrected chi connectivity index (χ1v) is 8.79. The van der Waals surface area contributed by atoms with Gasteiger partial charge in [0.1, 0.15) is 17.9 Å². The molecule has 8 heteroatoms. The summed E-state index contributed by atoms with van der Waals surface area (Å²) in [6, 6.07) is 11.9. The summed E-state index contributed by atoms with van der Waals surface area (Å²) < 4.78 is 15.7. The van der Waals surface area contributed by atoms with Crippen molar-refractivity contribution in [3.63, 3.8) is 0 Å². The fourth-order valence-corrected chi connectivity index (χ4v) is 2.52. The van der Waals surface area contributed by atoms with E-state index in [2.05, 4.69) is 14.7 Å². The molecule has 28 heavy (non-hydrogen) atoms. The van der Waals surface area contributed by atoms with Crippen molar-refractivity contribution >= 4 is 34.4 Å². The normalized spacial score (nSPS) is 11.7. The number of hydrogen-bond acceptors (Lipinski definition) is 7. The van der Waals surface area contributed by atoms with Crippen LogP contribution in [0.3, 0.4) is 0 Å². The Morgan fingerprint density at radius 1 is 1.07 bits per heavy atom. The Bertz CT molecular complexity index is 1010. The van der Waals surface area contributed by atoms with Crippen LogP contribution in [-0.4, -0.2) is 34.9 Å². The first kappa shape index (κ1) is 19.6. The van der Waals surface area contributed by atoms with Crippen LogP contribution in [0.1, 0.15) is 13.3 Å². The van der Waals surface area contributed by atoms with Gasteiger partial charge in [-0.15, -0.1) is 0 Å². The molecule has 0 saturated heterocycles. The zero-order valence-corrected chi connectivity index (χ0v) is 16.0. The summed E-state index contributed by atoms with van der Waals surface area (Å²) in [4.78, 5) is 31.7. The number of ether oxygens (including phenoxy) is 3. The van der Waals surface area contributed by atoms with E-state index >= 15 is 0 Å². The molecule has 1 heterocycles. The van der Waals surface area contributed by atoms with Crippen molar-refractivity contribution in [3.8, 4) is 17.4 Å². The lowest BCUT2D eigenvalue weighted by Gasteiger charge is -2.13. The van der Waals surface area contributed by atoms with Crippen molar-refractivity contribution in [1.82, 2.24) is 9.97 Å². The molecule has 0 N–H and O–H groups in total. The number of benzene rings is 2. The van der Waals surface area contributed by atoms with Crippen LogP contribution < -0.4 is 9.47 Å². The number of carbonyl (C=O) groups excluding carboxylic acids is 2. The molecule has 1 aromatic heterocycles. The topological polar surface area (TPSA) is 87.6 Å². The highest BCUT2D eigenvalue weighted by atomic mass is 35.5. The number of fused-ring (bicyclic) bond motifs is 1. The summed E-state index contributed by atoms with van der Waals surface area (Å²) in [6.45, 7) is 1.58. The molecule has 0 fully saturated rings. The molecule has 0 radical (unpaired) electrons. The Morgan fingerprint density at radius 2 is 1.79 bits per heavy atom. The molecule has 3 aromatic rings. The molecule has 0 spiro atoms. The smallest absolute Gasteiger partial charge is 0.313 e. The van der Waals surface area contributed by atoms with Crippen molar-refractivity contribution in [2.45, 2.75) is 19.4 Å². The van der Waals surface area contributed by atoms with E-state index in [-0.39, 0.29) is 12.2 Å². The van der Waals surface area contributed by atoms with Crippen molar-refractivity contribution < 1.29 is 23.8 Å². The van der Waals surface area contributed by atoms with Gasteiger partial charge in [0.25, 0.3) is 0 Å². The lowest BCUT2D eigenvalue weighted by molar-refractivity contribution is -0.144. The number of hydrogen-bond donors (Lipinski definition) is 0. The van der Waals surface area contributed by atoms with Gasteiger partial charge in [0.2, 0.25) is 5.88 Å². The van der Waals surface area contributed by atoms with Gasteiger partial charge < -0.3 is 14.2 Å². The zero-order chi connectivity index (χ0) is 20.1. The Labute approximate surface area is 166 Å². The van der Waals surface area contributed by atoms with Gasteiger partial charge in [-0.2, -0.15) is 0 Å². The average molecular weight is 401 g/mol. The molecule has 0 saturated carbocycles. The van der Waals surface area contributed by atoms with Crippen molar-refractivity contribution in [2.75, 3.05) is 7.11 Å². The molecule has 1 atom stereocenters. The number of aromatic nitrogens is 2. The summed E-state index contributed by atoms with van der Waals surface area (Å²) in [7, 11) is 1.23. The van der Waals surface area contributed by atoms with Crippen LogP contribution in [0.15, 0.2) is 48.7 Å². The Kier molecular flexibility index (Phi) is 6.06. The van der Waals surface area contributed by atoms with Gasteiger partial charge in [0, 0.05) is 5.02 Å². The van der Waals surface area contributed by atoms with Gasteiger partial charge in [0.05, 0.1) is 24.3 Å². The van der Waals surface area contributed by atoms with E-state index < -0.39 is 12.1 Å². The van der Waals surface area contributed by atoms with Gasteiger partial charge in [-0.1, -0.05) is 11.6 Å². The van der Waals surface area contributed by atoms with Gasteiger partial charge >= 0.3 is 5.97 Å². The monoisotopic (exact) mass is 400 g/mol. The molecule has 0 aliphatic carbocycles. The molecule has 2 aromatic carbocycles. The molecule has 1 unspecified atom stereocenters. The number of esters is 1.